The van der Waals surface area contributed by atoms with Crippen LogP contribution in [0.4, 0.5) is 4.39 Å². The summed E-state index contributed by atoms with van der Waals surface area (Å²) in [5, 5.41) is 3.05. The van der Waals surface area contributed by atoms with Crippen molar-refractivity contribution in [2.45, 2.75) is 32.6 Å². The van der Waals surface area contributed by atoms with Crippen molar-refractivity contribution >= 4 is 18.3 Å². The Hall–Kier alpha value is -1.13. The topological polar surface area (TPSA) is 32.3 Å². The van der Waals surface area contributed by atoms with Gasteiger partial charge in [0.1, 0.15) is 5.82 Å². The molecule has 0 unspecified atom stereocenters. The van der Waals surface area contributed by atoms with E-state index < -0.39 is 0 Å². The summed E-state index contributed by atoms with van der Waals surface area (Å²) in [6, 6.07) is 6.59. The van der Waals surface area contributed by atoms with E-state index in [1.54, 1.807) is 6.07 Å². The van der Waals surface area contributed by atoms with Crippen molar-refractivity contribution in [3.05, 3.63) is 35.6 Å². The minimum atomic E-state index is -0.218. The number of carbonyl (C=O) groups is 1. The molecule has 0 radical (unpaired) electrons. The van der Waals surface area contributed by atoms with Crippen LogP contribution in [-0.2, 0) is 11.2 Å². The van der Waals surface area contributed by atoms with Crippen LogP contribution in [-0.4, -0.2) is 37.5 Å². The smallest absolute Gasteiger partial charge is 0.222 e. The average molecular weight is 317 g/mol. The lowest BCUT2D eigenvalue weighted by molar-refractivity contribution is -0.131. The van der Waals surface area contributed by atoms with Crippen LogP contribution in [0.25, 0.3) is 0 Å². The number of nitrogens with zero attached hydrogens (tertiary/aromatic N) is 1. The van der Waals surface area contributed by atoms with Crippen LogP contribution in [0.1, 0.15) is 31.7 Å². The fourth-order valence-corrected chi connectivity index (χ4v) is 2.16. The van der Waals surface area contributed by atoms with E-state index >= 15 is 0 Å². The van der Waals surface area contributed by atoms with E-state index in [-0.39, 0.29) is 24.1 Å². The lowest BCUT2D eigenvalue weighted by Gasteiger charge is -2.22. The maximum Gasteiger partial charge on any atom is 0.222 e. The van der Waals surface area contributed by atoms with E-state index in [0.717, 1.165) is 31.5 Å². The molecular weight excluding hydrogens is 291 g/mol. The Bertz CT molecular complexity index is 415. The van der Waals surface area contributed by atoms with Crippen molar-refractivity contribution < 1.29 is 9.18 Å². The fraction of sp³-hybridized carbons (Fsp3) is 0.562. The highest BCUT2D eigenvalue weighted by atomic mass is 35.5. The zero-order chi connectivity index (χ0) is 14.8. The lowest BCUT2D eigenvalue weighted by Crippen LogP contribution is -2.33. The quantitative estimate of drug-likeness (QED) is 0.710. The molecule has 0 aliphatic rings. The molecule has 0 bridgehead atoms. The molecule has 0 heterocycles. The molecule has 0 spiro atoms. The van der Waals surface area contributed by atoms with E-state index in [2.05, 4.69) is 12.2 Å². The predicted molar refractivity (Wildman–Crippen MR) is 87.4 cm³/mol. The van der Waals surface area contributed by atoms with Crippen molar-refractivity contribution in [1.29, 1.82) is 0 Å². The number of rotatable bonds is 9. The maximum atomic E-state index is 13.1. The van der Waals surface area contributed by atoms with Crippen LogP contribution < -0.4 is 5.32 Å². The Morgan fingerprint density at radius 2 is 2.10 bits per heavy atom. The number of amides is 1. The van der Waals surface area contributed by atoms with Gasteiger partial charge in [0.15, 0.2) is 0 Å². The Morgan fingerprint density at radius 3 is 2.71 bits per heavy atom. The van der Waals surface area contributed by atoms with Gasteiger partial charge in [-0.2, -0.15) is 0 Å². The van der Waals surface area contributed by atoms with Gasteiger partial charge in [-0.05, 0) is 50.6 Å². The van der Waals surface area contributed by atoms with Gasteiger partial charge < -0.3 is 10.2 Å². The van der Waals surface area contributed by atoms with Gasteiger partial charge in [0.2, 0.25) is 5.91 Å². The molecule has 1 rings (SSSR count). The molecule has 0 aliphatic heterocycles. The van der Waals surface area contributed by atoms with Crippen LogP contribution in [0.15, 0.2) is 24.3 Å². The molecule has 1 amide bonds. The first-order chi connectivity index (χ1) is 9.67. The number of hydrogen-bond acceptors (Lipinski definition) is 2. The van der Waals surface area contributed by atoms with Gasteiger partial charge in [-0.1, -0.05) is 19.1 Å². The van der Waals surface area contributed by atoms with Crippen LogP contribution >= 0.6 is 12.4 Å². The molecular formula is C16H26ClFN2O. The van der Waals surface area contributed by atoms with Gasteiger partial charge in [0.25, 0.3) is 0 Å². The molecule has 21 heavy (non-hydrogen) atoms. The van der Waals surface area contributed by atoms with Crippen molar-refractivity contribution in [3.63, 3.8) is 0 Å². The number of halogens is 2. The van der Waals surface area contributed by atoms with E-state index in [1.165, 1.54) is 12.1 Å². The summed E-state index contributed by atoms with van der Waals surface area (Å²) < 4.78 is 13.1. The van der Waals surface area contributed by atoms with Crippen LogP contribution in [0, 0.1) is 5.82 Å². The highest BCUT2D eigenvalue weighted by molar-refractivity contribution is 5.85. The van der Waals surface area contributed by atoms with Gasteiger partial charge >= 0.3 is 0 Å². The molecule has 0 fully saturated rings. The fourth-order valence-electron chi connectivity index (χ4n) is 2.16. The van der Waals surface area contributed by atoms with Crippen LogP contribution in [0.2, 0.25) is 0 Å². The molecule has 5 heteroatoms. The summed E-state index contributed by atoms with van der Waals surface area (Å²) in [6.07, 6.45) is 3.08. The summed E-state index contributed by atoms with van der Waals surface area (Å²) in [4.78, 5) is 14.0. The molecule has 120 valence electrons. The average Bonchev–Trinajstić information content (AvgIpc) is 2.43. The molecule has 1 aromatic carbocycles. The van der Waals surface area contributed by atoms with Crippen LogP contribution in [0.5, 0.6) is 0 Å². The predicted octanol–water partition coefficient (Wildman–Crippen LogP) is 3.03. The summed E-state index contributed by atoms with van der Waals surface area (Å²) >= 11 is 0. The first-order valence-corrected chi connectivity index (χ1v) is 7.34. The van der Waals surface area contributed by atoms with Crippen molar-refractivity contribution in [2.24, 2.45) is 0 Å². The minimum absolute atomic E-state index is 0. The minimum Gasteiger partial charge on any atom is -0.342 e. The third kappa shape index (κ3) is 8.02. The molecule has 0 saturated heterocycles. The van der Waals surface area contributed by atoms with Gasteiger partial charge in [0, 0.05) is 19.5 Å². The number of hydrogen-bond donors (Lipinski definition) is 1. The highest BCUT2D eigenvalue weighted by Crippen LogP contribution is 2.07. The Kier molecular flexibility index (Phi) is 10.9. The van der Waals surface area contributed by atoms with Crippen molar-refractivity contribution in [1.82, 2.24) is 10.2 Å². The monoisotopic (exact) mass is 316 g/mol. The lowest BCUT2D eigenvalue weighted by atomic mass is 10.1. The third-order valence-electron chi connectivity index (χ3n) is 3.22. The maximum absolute atomic E-state index is 13.1. The second kappa shape index (κ2) is 11.5. The first-order valence-electron chi connectivity index (χ1n) is 7.34. The molecule has 3 nitrogen and oxygen atoms in total. The largest absolute Gasteiger partial charge is 0.342 e. The SMILES string of the molecule is CCCN(CCc1cccc(F)c1)C(=O)CCCNC.Cl. The van der Waals surface area contributed by atoms with E-state index in [9.17, 15) is 9.18 Å². The summed E-state index contributed by atoms with van der Waals surface area (Å²) in [7, 11) is 1.89. The molecule has 0 saturated carbocycles. The zero-order valence-corrected chi connectivity index (χ0v) is 13.7. The van der Waals surface area contributed by atoms with Gasteiger partial charge in [-0.25, -0.2) is 4.39 Å². The third-order valence-corrected chi connectivity index (χ3v) is 3.22. The molecule has 0 aromatic heterocycles. The number of nitrogens with one attached hydrogen (secondary N) is 1. The Morgan fingerprint density at radius 1 is 1.33 bits per heavy atom. The molecule has 0 aliphatic carbocycles. The van der Waals surface area contributed by atoms with E-state index in [0.29, 0.717) is 19.4 Å². The van der Waals surface area contributed by atoms with Crippen molar-refractivity contribution in [2.75, 3.05) is 26.7 Å². The van der Waals surface area contributed by atoms with Gasteiger partial charge in [-0.3, -0.25) is 4.79 Å². The summed E-state index contributed by atoms with van der Waals surface area (Å²) in [5.74, 6) is -0.0246. The van der Waals surface area contributed by atoms with Crippen LogP contribution in [0.3, 0.4) is 0 Å². The zero-order valence-electron chi connectivity index (χ0n) is 12.9. The first kappa shape index (κ1) is 19.9. The standard InChI is InChI=1S/C16H25FN2O.ClH/c1-3-11-19(16(20)8-5-10-18-2)12-9-14-6-4-7-15(17)13-14;/h4,6-7,13,18H,3,5,8-12H2,1-2H3;1H. The number of carbonyl (C=O) groups excluding carboxylic acids is 1. The van der Waals surface area contributed by atoms with Gasteiger partial charge in [0.05, 0.1) is 0 Å². The Labute approximate surface area is 133 Å². The summed E-state index contributed by atoms with van der Waals surface area (Å²) in [5.41, 5.74) is 0.939. The van der Waals surface area contributed by atoms with Gasteiger partial charge in [-0.15, -0.1) is 12.4 Å². The highest BCUT2D eigenvalue weighted by Gasteiger charge is 2.12. The van der Waals surface area contributed by atoms with Crippen molar-refractivity contribution in [3.8, 4) is 0 Å². The Balaban J connectivity index is 0.00000400. The molecule has 0 atom stereocenters. The summed E-state index contributed by atoms with van der Waals surface area (Å²) in [6.45, 7) is 4.36. The molecule has 1 aromatic rings. The normalized spacial score (nSPS) is 10.0. The second-order valence-electron chi connectivity index (χ2n) is 4.97. The number of benzene rings is 1. The van der Waals surface area contributed by atoms with E-state index in [4.69, 9.17) is 0 Å². The molecule has 1 N–H and O–H groups in total. The van der Waals surface area contributed by atoms with E-state index in [1.807, 2.05) is 18.0 Å². The second-order valence-corrected chi connectivity index (χ2v) is 4.97.